The Labute approximate surface area is 143 Å². The van der Waals surface area contributed by atoms with Gasteiger partial charge in [-0.05, 0) is 36.8 Å². The third kappa shape index (κ3) is 4.36. The predicted octanol–water partition coefficient (Wildman–Crippen LogP) is 3.58. The summed E-state index contributed by atoms with van der Waals surface area (Å²) < 4.78 is 10.3. The van der Waals surface area contributed by atoms with Gasteiger partial charge in [0.1, 0.15) is 5.75 Å². The van der Waals surface area contributed by atoms with Crippen LogP contribution < -0.4 is 14.8 Å². The molecule has 0 unspecified atom stereocenters. The van der Waals surface area contributed by atoms with Gasteiger partial charge in [-0.2, -0.15) is 0 Å². The van der Waals surface area contributed by atoms with Gasteiger partial charge in [0.05, 0.1) is 17.1 Å². The Hall–Kier alpha value is -2.80. The minimum absolute atomic E-state index is 0.0444. The highest BCUT2D eigenvalue weighted by molar-refractivity contribution is 6.32. The maximum atomic E-state index is 11.9. The predicted molar refractivity (Wildman–Crippen MR) is 90.0 cm³/mol. The highest BCUT2D eigenvalue weighted by Crippen LogP contribution is 2.28. The zero-order chi connectivity index (χ0) is 17.7. The summed E-state index contributed by atoms with van der Waals surface area (Å²) in [6.07, 6.45) is 0. The minimum Gasteiger partial charge on any atom is -0.495 e. The monoisotopic (exact) mass is 350 g/mol. The average Bonchev–Trinajstić information content (AvgIpc) is 2.53. The number of nitro groups is 1. The zero-order valence-electron chi connectivity index (χ0n) is 13.0. The van der Waals surface area contributed by atoms with Crippen LogP contribution in [-0.4, -0.2) is 24.5 Å². The van der Waals surface area contributed by atoms with Gasteiger partial charge in [0.2, 0.25) is 0 Å². The molecule has 0 atom stereocenters. The Balaban J connectivity index is 2.02. The van der Waals surface area contributed by atoms with Crippen LogP contribution in [0.3, 0.4) is 0 Å². The molecule has 0 bridgehead atoms. The van der Waals surface area contributed by atoms with Crippen LogP contribution in [0.5, 0.6) is 11.5 Å². The van der Waals surface area contributed by atoms with Crippen molar-refractivity contribution in [2.75, 3.05) is 19.0 Å². The van der Waals surface area contributed by atoms with Gasteiger partial charge in [0.25, 0.3) is 5.91 Å². The number of amides is 1. The number of methoxy groups -OCH3 is 1. The van der Waals surface area contributed by atoms with Crippen molar-refractivity contribution in [2.24, 2.45) is 0 Å². The van der Waals surface area contributed by atoms with Gasteiger partial charge in [0.15, 0.2) is 12.4 Å². The molecule has 0 radical (unpaired) electrons. The van der Waals surface area contributed by atoms with Crippen LogP contribution in [0.2, 0.25) is 5.02 Å². The van der Waals surface area contributed by atoms with Gasteiger partial charge in [-0.3, -0.25) is 14.9 Å². The van der Waals surface area contributed by atoms with Crippen molar-refractivity contribution in [3.8, 4) is 11.5 Å². The molecule has 0 fully saturated rings. The lowest BCUT2D eigenvalue weighted by Crippen LogP contribution is -2.20. The molecule has 7 nitrogen and oxygen atoms in total. The van der Waals surface area contributed by atoms with Crippen LogP contribution in [0, 0.1) is 17.0 Å². The molecule has 2 aromatic rings. The average molecular weight is 351 g/mol. The minimum atomic E-state index is -0.560. The molecule has 1 N–H and O–H groups in total. The summed E-state index contributed by atoms with van der Waals surface area (Å²) >= 11 is 5.98. The van der Waals surface area contributed by atoms with E-state index in [4.69, 9.17) is 21.1 Å². The number of hydrogen-bond donors (Lipinski definition) is 1. The van der Waals surface area contributed by atoms with Crippen LogP contribution in [-0.2, 0) is 4.79 Å². The Morgan fingerprint density at radius 2 is 2.00 bits per heavy atom. The summed E-state index contributed by atoms with van der Waals surface area (Å²) in [5, 5.41) is 13.9. The van der Waals surface area contributed by atoms with Crippen LogP contribution >= 0.6 is 11.6 Å². The highest BCUT2D eigenvalue weighted by atomic mass is 35.5. The van der Waals surface area contributed by atoms with Crippen molar-refractivity contribution in [1.82, 2.24) is 0 Å². The van der Waals surface area contributed by atoms with E-state index in [1.54, 1.807) is 25.1 Å². The normalized spacial score (nSPS) is 10.1. The molecule has 0 saturated carbocycles. The number of anilines is 1. The summed E-state index contributed by atoms with van der Waals surface area (Å²) in [4.78, 5) is 22.3. The number of carbonyl (C=O) groups is 1. The van der Waals surface area contributed by atoms with E-state index < -0.39 is 10.8 Å². The molecule has 1 amide bonds. The van der Waals surface area contributed by atoms with Crippen molar-refractivity contribution >= 4 is 28.9 Å². The number of nitrogens with one attached hydrogen (secondary N) is 1. The smallest absolute Gasteiger partial charge is 0.310 e. The van der Waals surface area contributed by atoms with Gasteiger partial charge in [0, 0.05) is 11.8 Å². The van der Waals surface area contributed by atoms with E-state index in [2.05, 4.69) is 5.32 Å². The number of ether oxygens (including phenoxy) is 2. The molecule has 24 heavy (non-hydrogen) atoms. The number of rotatable bonds is 6. The van der Waals surface area contributed by atoms with Crippen molar-refractivity contribution in [3.05, 3.63) is 57.1 Å². The molecule has 0 aromatic heterocycles. The fourth-order valence-electron chi connectivity index (χ4n) is 1.97. The first-order valence-electron chi connectivity index (χ1n) is 6.92. The maximum Gasteiger partial charge on any atom is 0.310 e. The molecule has 0 aliphatic carbocycles. The number of aryl methyl sites for hydroxylation is 1. The molecule has 0 aliphatic heterocycles. The molecule has 0 saturated heterocycles. The van der Waals surface area contributed by atoms with E-state index in [1.807, 2.05) is 0 Å². The van der Waals surface area contributed by atoms with Gasteiger partial charge in [-0.15, -0.1) is 0 Å². The largest absolute Gasteiger partial charge is 0.495 e. The van der Waals surface area contributed by atoms with E-state index >= 15 is 0 Å². The first kappa shape index (κ1) is 17.6. The molecule has 2 rings (SSSR count). The Kier molecular flexibility index (Phi) is 5.59. The second-order valence-electron chi connectivity index (χ2n) is 4.91. The third-order valence-electron chi connectivity index (χ3n) is 3.11. The topological polar surface area (TPSA) is 90.7 Å². The highest BCUT2D eigenvalue weighted by Gasteiger charge is 2.16. The van der Waals surface area contributed by atoms with Crippen molar-refractivity contribution < 1.29 is 19.2 Å². The molecule has 126 valence electrons. The molecule has 8 heteroatoms. The fraction of sp³-hybridized carbons (Fsp3) is 0.188. The van der Waals surface area contributed by atoms with Crippen molar-refractivity contribution in [3.63, 3.8) is 0 Å². The Bertz CT molecular complexity index is 779. The second kappa shape index (κ2) is 7.65. The van der Waals surface area contributed by atoms with Gasteiger partial charge in [-0.25, -0.2) is 0 Å². The number of carbonyl (C=O) groups excluding carboxylic acids is 1. The molecule has 0 heterocycles. The fourth-order valence-corrected chi connectivity index (χ4v) is 2.23. The standard InChI is InChI=1S/C16H15ClN2O5/c1-10-3-5-13(19(21)22)15(7-10)24-9-16(20)18-11-4-6-14(23-2)12(17)8-11/h3-8H,9H2,1-2H3,(H,18,20). The van der Waals surface area contributed by atoms with Crippen LogP contribution in [0.4, 0.5) is 11.4 Å². The van der Waals surface area contributed by atoms with Crippen LogP contribution in [0.25, 0.3) is 0 Å². The summed E-state index contributed by atoms with van der Waals surface area (Å²) in [6, 6.07) is 9.22. The number of nitro benzene ring substituents is 1. The lowest BCUT2D eigenvalue weighted by atomic mass is 10.2. The number of hydrogen-bond acceptors (Lipinski definition) is 5. The summed E-state index contributed by atoms with van der Waals surface area (Å²) in [5.41, 5.74) is 1.06. The number of halogens is 1. The van der Waals surface area contributed by atoms with Crippen LogP contribution in [0.1, 0.15) is 5.56 Å². The molecule has 0 spiro atoms. The molecular formula is C16H15ClN2O5. The van der Waals surface area contributed by atoms with Gasteiger partial charge >= 0.3 is 5.69 Å². The molecule has 2 aromatic carbocycles. The Morgan fingerprint density at radius 3 is 2.62 bits per heavy atom. The summed E-state index contributed by atoms with van der Waals surface area (Å²) in [6.45, 7) is 1.41. The summed E-state index contributed by atoms with van der Waals surface area (Å²) in [5.74, 6) is 0.0660. The van der Waals surface area contributed by atoms with Crippen molar-refractivity contribution in [1.29, 1.82) is 0 Å². The van der Waals surface area contributed by atoms with E-state index in [1.165, 1.54) is 25.3 Å². The quantitative estimate of drug-likeness (QED) is 0.635. The molecule has 0 aliphatic rings. The maximum absolute atomic E-state index is 11.9. The molecular weight excluding hydrogens is 336 g/mol. The summed E-state index contributed by atoms with van der Waals surface area (Å²) in [7, 11) is 1.49. The van der Waals surface area contributed by atoms with E-state index in [0.29, 0.717) is 16.5 Å². The first-order valence-corrected chi connectivity index (χ1v) is 7.29. The first-order chi connectivity index (χ1) is 11.4. The lowest BCUT2D eigenvalue weighted by molar-refractivity contribution is -0.385. The van der Waals surface area contributed by atoms with Gasteiger partial charge in [-0.1, -0.05) is 17.7 Å². The number of nitrogens with zero attached hydrogens (tertiary/aromatic N) is 1. The van der Waals surface area contributed by atoms with Crippen molar-refractivity contribution in [2.45, 2.75) is 6.92 Å². The SMILES string of the molecule is COc1ccc(NC(=O)COc2cc(C)ccc2[N+](=O)[O-])cc1Cl. The van der Waals surface area contributed by atoms with E-state index in [-0.39, 0.29) is 18.0 Å². The number of benzene rings is 2. The van der Waals surface area contributed by atoms with E-state index in [0.717, 1.165) is 5.56 Å². The zero-order valence-corrected chi connectivity index (χ0v) is 13.8. The Morgan fingerprint density at radius 1 is 1.25 bits per heavy atom. The van der Waals surface area contributed by atoms with Crippen LogP contribution in [0.15, 0.2) is 36.4 Å². The van der Waals surface area contributed by atoms with E-state index in [9.17, 15) is 14.9 Å². The lowest BCUT2D eigenvalue weighted by Gasteiger charge is -2.10. The van der Waals surface area contributed by atoms with Gasteiger partial charge < -0.3 is 14.8 Å². The second-order valence-corrected chi connectivity index (χ2v) is 5.32. The third-order valence-corrected chi connectivity index (χ3v) is 3.40.